The molecule has 0 saturated heterocycles. The number of rotatable bonds is 6. The van der Waals surface area contributed by atoms with Crippen LogP contribution in [0.1, 0.15) is 25.0 Å². The Morgan fingerprint density at radius 3 is 1.45 bits per heavy atom. The Hall–Kier alpha value is -6.38. The molecule has 0 amide bonds. The van der Waals surface area contributed by atoms with E-state index in [1.807, 2.05) is 6.07 Å². The van der Waals surface area contributed by atoms with Crippen molar-refractivity contribution < 1.29 is 0 Å². The molecule has 1 heterocycles. The molecule has 0 unspecified atom stereocenters. The SMILES string of the molecule is CC1(C)c2ccccc2-c2c(-c3ccccc3-c3cc(-c4cc(-c5ccccc5)cc(-c5ccccc5)c4)nc(-c4ccccc4)n3)cccc21. The molecule has 0 N–H and O–H groups in total. The van der Waals surface area contributed by atoms with Crippen LogP contribution >= 0.6 is 0 Å². The van der Waals surface area contributed by atoms with Crippen molar-refractivity contribution in [3.05, 3.63) is 193 Å². The highest BCUT2D eigenvalue weighted by atomic mass is 14.9. The molecule has 0 atom stereocenters. The van der Waals surface area contributed by atoms with E-state index in [0.29, 0.717) is 5.82 Å². The summed E-state index contributed by atoms with van der Waals surface area (Å²) in [5.74, 6) is 0.703. The topological polar surface area (TPSA) is 25.8 Å². The van der Waals surface area contributed by atoms with Crippen LogP contribution < -0.4 is 0 Å². The summed E-state index contributed by atoms with van der Waals surface area (Å²) in [6.07, 6.45) is 0. The number of benzene rings is 7. The lowest BCUT2D eigenvalue weighted by Gasteiger charge is -2.22. The van der Waals surface area contributed by atoms with Crippen LogP contribution in [0.5, 0.6) is 0 Å². The van der Waals surface area contributed by atoms with Gasteiger partial charge in [0.2, 0.25) is 0 Å². The fraction of sp³-hybridized carbons (Fsp3) is 0.0612. The Labute approximate surface area is 299 Å². The lowest BCUT2D eigenvalue weighted by Crippen LogP contribution is -2.14. The van der Waals surface area contributed by atoms with Crippen LogP contribution in [0.4, 0.5) is 0 Å². The fourth-order valence-corrected chi connectivity index (χ4v) is 7.74. The Kier molecular flexibility index (Phi) is 7.51. The van der Waals surface area contributed by atoms with Crippen molar-refractivity contribution in [2.75, 3.05) is 0 Å². The summed E-state index contributed by atoms with van der Waals surface area (Å²) < 4.78 is 0. The Morgan fingerprint density at radius 1 is 0.333 bits per heavy atom. The first-order valence-corrected chi connectivity index (χ1v) is 17.6. The number of fused-ring (bicyclic) bond motifs is 3. The summed E-state index contributed by atoms with van der Waals surface area (Å²) in [5.41, 5.74) is 17.2. The molecule has 0 radical (unpaired) electrons. The van der Waals surface area contributed by atoms with Crippen LogP contribution in [0, 0.1) is 0 Å². The van der Waals surface area contributed by atoms with Gasteiger partial charge in [-0.3, -0.25) is 0 Å². The average molecular weight is 653 g/mol. The predicted molar refractivity (Wildman–Crippen MR) is 212 cm³/mol. The Balaban J connectivity index is 1.28. The molecule has 7 aromatic carbocycles. The van der Waals surface area contributed by atoms with Gasteiger partial charge >= 0.3 is 0 Å². The Morgan fingerprint density at radius 2 is 0.804 bits per heavy atom. The number of aromatic nitrogens is 2. The van der Waals surface area contributed by atoms with E-state index in [1.54, 1.807) is 0 Å². The second kappa shape index (κ2) is 12.5. The van der Waals surface area contributed by atoms with E-state index in [1.165, 1.54) is 38.9 Å². The lowest BCUT2D eigenvalue weighted by molar-refractivity contribution is 0.660. The van der Waals surface area contributed by atoms with E-state index < -0.39 is 0 Å². The van der Waals surface area contributed by atoms with Gasteiger partial charge < -0.3 is 0 Å². The van der Waals surface area contributed by atoms with E-state index >= 15 is 0 Å². The standard InChI is InChI=1S/C49H36N2/c1-49(2)43-27-15-14-25-42(43)47-41(26-16-28-44(47)49)39-23-12-13-24-40(39)46-32-45(50-48(51-46)35-21-10-5-11-22-35)38-30-36(33-17-6-3-7-18-33)29-37(31-38)34-19-8-4-9-20-34/h3-32H,1-2H3. The maximum absolute atomic E-state index is 5.30. The van der Waals surface area contributed by atoms with E-state index in [-0.39, 0.29) is 5.41 Å². The number of hydrogen-bond acceptors (Lipinski definition) is 2. The van der Waals surface area contributed by atoms with Gasteiger partial charge in [0.05, 0.1) is 11.4 Å². The van der Waals surface area contributed by atoms with Crippen molar-refractivity contribution in [2.45, 2.75) is 19.3 Å². The largest absolute Gasteiger partial charge is 0.228 e. The summed E-state index contributed by atoms with van der Waals surface area (Å²) in [5, 5.41) is 0. The van der Waals surface area contributed by atoms with E-state index in [2.05, 4.69) is 190 Å². The van der Waals surface area contributed by atoms with Gasteiger partial charge in [-0.2, -0.15) is 0 Å². The maximum Gasteiger partial charge on any atom is 0.160 e. The lowest BCUT2D eigenvalue weighted by atomic mass is 9.81. The molecule has 0 spiro atoms. The third kappa shape index (κ3) is 5.46. The van der Waals surface area contributed by atoms with Gasteiger partial charge in [0.1, 0.15) is 0 Å². The first-order chi connectivity index (χ1) is 25.0. The predicted octanol–water partition coefficient (Wildman–Crippen LogP) is 12.8. The highest BCUT2D eigenvalue weighted by Gasteiger charge is 2.36. The first kappa shape index (κ1) is 30.7. The molecule has 1 aliphatic carbocycles. The molecule has 1 aromatic heterocycles. The zero-order valence-corrected chi connectivity index (χ0v) is 28.7. The molecule has 51 heavy (non-hydrogen) atoms. The maximum atomic E-state index is 5.30. The highest BCUT2D eigenvalue weighted by Crippen LogP contribution is 2.53. The molecule has 9 rings (SSSR count). The molecular formula is C49H36N2. The second-order valence-corrected chi connectivity index (χ2v) is 13.8. The summed E-state index contributed by atoms with van der Waals surface area (Å²) >= 11 is 0. The van der Waals surface area contributed by atoms with Gasteiger partial charge in [0, 0.05) is 22.1 Å². The van der Waals surface area contributed by atoms with E-state index in [9.17, 15) is 0 Å². The third-order valence-electron chi connectivity index (χ3n) is 10.3. The minimum absolute atomic E-state index is 0.0837. The van der Waals surface area contributed by atoms with Crippen molar-refractivity contribution in [3.8, 4) is 78.4 Å². The third-order valence-corrected chi connectivity index (χ3v) is 10.3. The molecule has 242 valence electrons. The van der Waals surface area contributed by atoms with E-state index in [4.69, 9.17) is 9.97 Å². The molecule has 0 saturated carbocycles. The number of nitrogens with zero attached hydrogens (tertiary/aromatic N) is 2. The van der Waals surface area contributed by atoms with Crippen molar-refractivity contribution in [3.63, 3.8) is 0 Å². The fourth-order valence-electron chi connectivity index (χ4n) is 7.74. The van der Waals surface area contributed by atoms with Crippen LogP contribution in [0.25, 0.3) is 78.4 Å². The van der Waals surface area contributed by atoms with Gasteiger partial charge in [0.15, 0.2) is 5.82 Å². The van der Waals surface area contributed by atoms with Gasteiger partial charge in [-0.15, -0.1) is 0 Å². The zero-order chi connectivity index (χ0) is 34.4. The summed E-state index contributed by atoms with van der Waals surface area (Å²) in [7, 11) is 0. The zero-order valence-electron chi connectivity index (χ0n) is 28.7. The minimum Gasteiger partial charge on any atom is -0.228 e. The summed E-state index contributed by atoms with van der Waals surface area (Å²) in [6, 6.07) is 64.8. The molecule has 0 bridgehead atoms. The van der Waals surface area contributed by atoms with Gasteiger partial charge in [-0.1, -0.05) is 172 Å². The molecule has 0 aliphatic heterocycles. The van der Waals surface area contributed by atoms with Crippen LogP contribution in [-0.2, 0) is 5.41 Å². The van der Waals surface area contributed by atoms with E-state index in [0.717, 1.165) is 44.8 Å². The highest BCUT2D eigenvalue weighted by molar-refractivity contribution is 5.97. The van der Waals surface area contributed by atoms with Gasteiger partial charge in [0.25, 0.3) is 0 Å². The molecular weight excluding hydrogens is 617 g/mol. The normalized spacial score (nSPS) is 12.7. The monoisotopic (exact) mass is 652 g/mol. The number of hydrogen-bond donors (Lipinski definition) is 0. The Bertz CT molecular complexity index is 2480. The van der Waals surface area contributed by atoms with Crippen LogP contribution in [0.2, 0.25) is 0 Å². The summed E-state index contributed by atoms with van der Waals surface area (Å²) in [4.78, 5) is 10.6. The average Bonchev–Trinajstić information content (AvgIpc) is 3.44. The molecule has 8 aromatic rings. The molecule has 0 fully saturated rings. The van der Waals surface area contributed by atoms with Crippen LogP contribution in [0.3, 0.4) is 0 Å². The van der Waals surface area contributed by atoms with Gasteiger partial charge in [-0.05, 0) is 79.9 Å². The first-order valence-electron chi connectivity index (χ1n) is 17.6. The minimum atomic E-state index is -0.0837. The van der Waals surface area contributed by atoms with Crippen molar-refractivity contribution >= 4 is 0 Å². The van der Waals surface area contributed by atoms with Crippen LogP contribution in [0.15, 0.2) is 182 Å². The summed E-state index contributed by atoms with van der Waals surface area (Å²) in [6.45, 7) is 4.67. The molecule has 1 aliphatic rings. The van der Waals surface area contributed by atoms with Crippen molar-refractivity contribution in [2.24, 2.45) is 0 Å². The smallest absolute Gasteiger partial charge is 0.160 e. The second-order valence-electron chi connectivity index (χ2n) is 13.8. The van der Waals surface area contributed by atoms with Crippen molar-refractivity contribution in [1.82, 2.24) is 9.97 Å². The molecule has 2 heteroatoms. The van der Waals surface area contributed by atoms with Crippen LogP contribution in [-0.4, -0.2) is 9.97 Å². The van der Waals surface area contributed by atoms with Crippen molar-refractivity contribution in [1.29, 1.82) is 0 Å². The quantitative estimate of drug-likeness (QED) is 0.179. The molecule has 2 nitrogen and oxygen atoms in total. The van der Waals surface area contributed by atoms with Gasteiger partial charge in [-0.25, -0.2) is 9.97 Å².